The van der Waals surface area contributed by atoms with Gasteiger partial charge in [0.05, 0.1) is 22.7 Å². The van der Waals surface area contributed by atoms with Crippen molar-refractivity contribution in [2.75, 3.05) is 11.9 Å². The van der Waals surface area contributed by atoms with Crippen LogP contribution < -0.4 is 5.32 Å². The Kier molecular flexibility index (Phi) is 5.67. The predicted octanol–water partition coefficient (Wildman–Crippen LogP) is 4.91. The number of amides is 1. The van der Waals surface area contributed by atoms with Gasteiger partial charge in [-0.25, -0.2) is 9.97 Å². The predicted molar refractivity (Wildman–Crippen MR) is 123 cm³/mol. The molecule has 1 aromatic carbocycles. The van der Waals surface area contributed by atoms with E-state index in [-0.39, 0.29) is 12.3 Å². The highest BCUT2D eigenvalue weighted by Crippen LogP contribution is 2.30. The van der Waals surface area contributed by atoms with E-state index in [1.807, 2.05) is 30.5 Å². The first-order valence-corrected chi connectivity index (χ1v) is 11.9. The van der Waals surface area contributed by atoms with Crippen molar-refractivity contribution in [1.29, 1.82) is 0 Å². The minimum absolute atomic E-state index is 0.124. The van der Waals surface area contributed by atoms with E-state index < -0.39 is 0 Å². The van der Waals surface area contributed by atoms with Gasteiger partial charge in [-0.2, -0.15) is 0 Å². The van der Waals surface area contributed by atoms with Crippen molar-refractivity contribution >= 4 is 33.7 Å². The summed E-state index contributed by atoms with van der Waals surface area (Å²) in [4.78, 5) is 26.4. The van der Waals surface area contributed by atoms with Gasteiger partial charge in [0.2, 0.25) is 11.8 Å². The first-order valence-electron chi connectivity index (χ1n) is 10.2. The van der Waals surface area contributed by atoms with E-state index in [1.54, 1.807) is 22.7 Å². The number of carbonyl (C=O) groups is 1. The highest BCUT2D eigenvalue weighted by atomic mass is 32.1. The number of aromatic nitrogens is 2. The van der Waals surface area contributed by atoms with Crippen LogP contribution in [0, 0.1) is 6.92 Å². The number of carbonyl (C=O) groups excluding carboxylic acids is 1. The molecular formula is C23H22N4O2S2. The normalized spacial score (nSPS) is 13.8. The zero-order chi connectivity index (χ0) is 21.2. The van der Waals surface area contributed by atoms with Crippen molar-refractivity contribution < 1.29 is 9.21 Å². The summed E-state index contributed by atoms with van der Waals surface area (Å²) in [5.41, 5.74) is 3.08. The number of anilines is 1. The molecular weight excluding hydrogens is 428 g/mol. The minimum atomic E-state index is -0.124. The Bertz CT molecular complexity index is 1180. The number of nitrogens with one attached hydrogen (secondary N) is 1. The highest BCUT2D eigenvalue weighted by molar-refractivity contribution is 7.15. The number of aryl methyl sites for hydroxylation is 1. The molecule has 158 valence electrons. The van der Waals surface area contributed by atoms with Crippen LogP contribution in [-0.4, -0.2) is 27.3 Å². The van der Waals surface area contributed by atoms with Crippen molar-refractivity contribution in [3.8, 4) is 10.8 Å². The van der Waals surface area contributed by atoms with Gasteiger partial charge in [0.25, 0.3) is 0 Å². The average molecular weight is 451 g/mol. The van der Waals surface area contributed by atoms with Crippen molar-refractivity contribution in [3.05, 3.63) is 75.4 Å². The first kappa shape index (κ1) is 20.1. The quantitative estimate of drug-likeness (QED) is 0.452. The molecule has 0 spiro atoms. The molecule has 0 bridgehead atoms. The number of thiophene rings is 1. The van der Waals surface area contributed by atoms with E-state index in [4.69, 9.17) is 4.42 Å². The highest BCUT2D eigenvalue weighted by Gasteiger charge is 2.22. The molecule has 4 aromatic rings. The maximum absolute atomic E-state index is 12.6. The SMILES string of the molecule is Cc1oc(-c2cccs2)nc1CC(=O)Nc1nc2c(s1)CN(Cc1ccccc1)CC2. The van der Waals surface area contributed by atoms with Crippen LogP contribution in [0.1, 0.15) is 27.6 Å². The summed E-state index contributed by atoms with van der Waals surface area (Å²) < 4.78 is 5.74. The number of oxazole rings is 1. The van der Waals surface area contributed by atoms with Crippen LogP contribution in [0.3, 0.4) is 0 Å². The number of rotatable bonds is 6. The average Bonchev–Trinajstić information content (AvgIpc) is 3.49. The molecule has 5 rings (SSSR count). The number of thiazole rings is 1. The number of fused-ring (bicyclic) bond motifs is 1. The zero-order valence-corrected chi connectivity index (χ0v) is 18.8. The molecule has 1 N–H and O–H groups in total. The lowest BCUT2D eigenvalue weighted by molar-refractivity contribution is -0.115. The molecule has 0 saturated carbocycles. The topological polar surface area (TPSA) is 71.3 Å². The fourth-order valence-electron chi connectivity index (χ4n) is 3.69. The number of hydrogen-bond acceptors (Lipinski definition) is 7. The van der Waals surface area contributed by atoms with Gasteiger partial charge in [0.1, 0.15) is 5.76 Å². The van der Waals surface area contributed by atoms with Gasteiger partial charge >= 0.3 is 0 Å². The van der Waals surface area contributed by atoms with Gasteiger partial charge in [-0.05, 0) is 23.9 Å². The molecule has 0 aliphatic carbocycles. The summed E-state index contributed by atoms with van der Waals surface area (Å²) in [7, 11) is 0. The van der Waals surface area contributed by atoms with E-state index in [2.05, 4.69) is 44.5 Å². The fourth-order valence-corrected chi connectivity index (χ4v) is 5.41. The van der Waals surface area contributed by atoms with E-state index >= 15 is 0 Å². The molecule has 0 fully saturated rings. The smallest absolute Gasteiger partial charge is 0.236 e. The third kappa shape index (κ3) is 4.61. The van der Waals surface area contributed by atoms with Gasteiger partial charge in [-0.1, -0.05) is 36.4 Å². The van der Waals surface area contributed by atoms with Crippen molar-refractivity contribution in [2.24, 2.45) is 0 Å². The van der Waals surface area contributed by atoms with Crippen LogP contribution in [0.4, 0.5) is 5.13 Å². The Balaban J connectivity index is 1.21. The second kappa shape index (κ2) is 8.74. The molecule has 0 unspecified atom stereocenters. The third-order valence-corrected chi connectivity index (χ3v) is 7.11. The molecule has 6 nitrogen and oxygen atoms in total. The lowest BCUT2D eigenvalue weighted by atomic mass is 10.1. The molecule has 0 atom stereocenters. The van der Waals surface area contributed by atoms with Crippen LogP contribution in [0.5, 0.6) is 0 Å². The summed E-state index contributed by atoms with van der Waals surface area (Å²) >= 11 is 3.14. The number of benzene rings is 1. The Hall–Kier alpha value is -2.81. The van der Waals surface area contributed by atoms with E-state index in [1.165, 1.54) is 10.4 Å². The summed E-state index contributed by atoms with van der Waals surface area (Å²) in [6.45, 7) is 4.61. The van der Waals surface area contributed by atoms with Crippen LogP contribution in [-0.2, 0) is 30.7 Å². The van der Waals surface area contributed by atoms with Gasteiger partial charge in [-0.15, -0.1) is 22.7 Å². The maximum Gasteiger partial charge on any atom is 0.236 e. The van der Waals surface area contributed by atoms with E-state index in [0.717, 1.165) is 36.6 Å². The minimum Gasteiger partial charge on any atom is -0.440 e. The Morgan fingerprint density at radius 2 is 2.06 bits per heavy atom. The van der Waals surface area contributed by atoms with Gasteiger partial charge in [0, 0.05) is 30.9 Å². The van der Waals surface area contributed by atoms with E-state index in [0.29, 0.717) is 22.5 Å². The first-order chi connectivity index (χ1) is 15.1. The number of hydrogen-bond donors (Lipinski definition) is 1. The van der Waals surface area contributed by atoms with Crippen molar-refractivity contribution in [1.82, 2.24) is 14.9 Å². The van der Waals surface area contributed by atoms with Gasteiger partial charge in [-0.3, -0.25) is 9.69 Å². The monoisotopic (exact) mass is 450 g/mol. The van der Waals surface area contributed by atoms with Crippen LogP contribution in [0.25, 0.3) is 10.8 Å². The molecule has 1 aliphatic rings. The zero-order valence-electron chi connectivity index (χ0n) is 17.1. The van der Waals surface area contributed by atoms with Gasteiger partial charge < -0.3 is 9.73 Å². The summed E-state index contributed by atoms with van der Waals surface area (Å²) in [6, 6.07) is 14.4. The third-order valence-electron chi connectivity index (χ3n) is 5.26. The molecule has 0 radical (unpaired) electrons. The lowest BCUT2D eigenvalue weighted by Crippen LogP contribution is -2.29. The summed E-state index contributed by atoms with van der Waals surface area (Å²) in [6.07, 6.45) is 1.08. The van der Waals surface area contributed by atoms with Gasteiger partial charge in [0.15, 0.2) is 5.13 Å². The molecule has 0 saturated heterocycles. The van der Waals surface area contributed by atoms with Crippen LogP contribution in [0.15, 0.2) is 52.3 Å². The van der Waals surface area contributed by atoms with Crippen molar-refractivity contribution in [2.45, 2.75) is 32.9 Å². The van der Waals surface area contributed by atoms with Crippen LogP contribution >= 0.6 is 22.7 Å². The molecule has 4 heterocycles. The number of nitrogens with zero attached hydrogens (tertiary/aromatic N) is 3. The van der Waals surface area contributed by atoms with E-state index in [9.17, 15) is 4.79 Å². The molecule has 31 heavy (non-hydrogen) atoms. The molecule has 1 amide bonds. The summed E-state index contributed by atoms with van der Waals surface area (Å²) in [5.74, 6) is 1.12. The molecule has 3 aromatic heterocycles. The molecule has 8 heteroatoms. The fraction of sp³-hybridized carbons (Fsp3) is 0.261. The summed E-state index contributed by atoms with van der Waals surface area (Å²) in [5, 5.41) is 5.60. The van der Waals surface area contributed by atoms with Crippen molar-refractivity contribution in [3.63, 3.8) is 0 Å². The maximum atomic E-state index is 12.6. The largest absolute Gasteiger partial charge is 0.440 e. The molecule has 1 aliphatic heterocycles. The van der Waals surface area contributed by atoms with Crippen LogP contribution in [0.2, 0.25) is 0 Å². The second-order valence-corrected chi connectivity index (χ2v) is 9.59. The lowest BCUT2D eigenvalue weighted by Gasteiger charge is -2.25. The second-order valence-electron chi connectivity index (χ2n) is 7.56. The Morgan fingerprint density at radius 3 is 2.87 bits per heavy atom. The Labute approximate surface area is 188 Å². The standard InChI is InChI=1S/C23H22N4O2S2/c1-15-18(24-22(29-15)19-8-5-11-30-19)12-21(28)26-23-25-17-9-10-27(14-20(17)31-23)13-16-6-3-2-4-7-16/h2-8,11H,9-10,12-14H2,1H3,(H,25,26,28). The Morgan fingerprint density at radius 1 is 1.19 bits per heavy atom.